The van der Waals surface area contributed by atoms with E-state index in [9.17, 15) is 8.42 Å². The average Bonchev–Trinajstić information content (AvgIpc) is 3.01. The molecule has 6 heteroatoms. The lowest BCUT2D eigenvalue weighted by molar-refractivity contribution is 0.110. The van der Waals surface area contributed by atoms with Crippen LogP contribution >= 0.6 is 0 Å². The summed E-state index contributed by atoms with van der Waals surface area (Å²) in [4.78, 5) is 0. The van der Waals surface area contributed by atoms with E-state index in [0.717, 1.165) is 19.3 Å². The van der Waals surface area contributed by atoms with Crippen molar-refractivity contribution < 1.29 is 17.9 Å². The van der Waals surface area contributed by atoms with Crippen LogP contribution in [0.25, 0.3) is 0 Å². The minimum atomic E-state index is -3.11. The van der Waals surface area contributed by atoms with Gasteiger partial charge >= 0.3 is 0 Å². The first-order chi connectivity index (χ1) is 7.59. The van der Waals surface area contributed by atoms with Gasteiger partial charge in [0.1, 0.15) is 0 Å². The van der Waals surface area contributed by atoms with Crippen LogP contribution in [0.1, 0.15) is 19.3 Å². The van der Waals surface area contributed by atoms with Gasteiger partial charge in [0.15, 0.2) is 0 Å². The fourth-order valence-corrected chi connectivity index (χ4v) is 4.28. The van der Waals surface area contributed by atoms with Crippen molar-refractivity contribution in [1.29, 1.82) is 0 Å². The molecule has 1 aliphatic heterocycles. The van der Waals surface area contributed by atoms with Gasteiger partial charge in [-0.15, -0.1) is 0 Å². The summed E-state index contributed by atoms with van der Waals surface area (Å²) < 4.78 is 36.2. The quantitative estimate of drug-likeness (QED) is 0.699. The first kappa shape index (κ1) is 12.3. The van der Waals surface area contributed by atoms with E-state index >= 15 is 0 Å². The molecule has 1 aliphatic carbocycles. The third kappa shape index (κ3) is 2.25. The summed E-state index contributed by atoms with van der Waals surface area (Å²) in [7, 11) is 0.119. The van der Waals surface area contributed by atoms with E-state index in [2.05, 4.69) is 0 Å². The second-order valence-corrected chi connectivity index (χ2v) is 6.68. The van der Waals surface area contributed by atoms with Gasteiger partial charge in [0.25, 0.3) is 0 Å². The van der Waals surface area contributed by atoms with Crippen molar-refractivity contribution in [3.63, 3.8) is 0 Å². The molecule has 0 radical (unpaired) electrons. The maximum absolute atomic E-state index is 12.2. The van der Waals surface area contributed by atoms with E-state index in [1.54, 1.807) is 18.5 Å². The molecule has 0 bridgehead atoms. The molecule has 0 spiro atoms. The highest BCUT2D eigenvalue weighted by Gasteiger charge is 2.46. The van der Waals surface area contributed by atoms with Crippen molar-refractivity contribution in [2.75, 3.05) is 27.4 Å². The minimum absolute atomic E-state index is 0.00803. The van der Waals surface area contributed by atoms with Crippen molar-refractivity contribution in [1.82, 2.24) is 4.31 Å². The topological polar surface area (TPSA) is 55.8 Å². The van der Waals surface area contributed by atoms with Crippen molar-refractivity contribution in [2.24, 2.45) is 0 Å². The summed E-state index contributed by atoms with van der Waals surface area (Å²) in [5, 5.41) is -0.150. The predicted molar refractivity (Wildman–Crippen MR) is 59.7 cm³/mol. The lowest BCUT2D eigenvalue weighted by Crippen LogP contribution is -2.40. The molecule has 2 aliphatic rings. The molecule has 94 valence electrons. The molecule has 0 unspecified atom stereocenters. The van der Waals surface area contributed by atoms with Gasteiger partial charge in [-0.3, -0.25) is 0 Å². The van der Waals surface area contributed by atoms with Gasteiger partial charge in [-0.2, -0.15) is 4.31 Å². The van der Waals surface area contributed by atoms with Crippen LogP contribution in [-0.2, 0) is 19.5 Å². The first-order valence-electron chi connectivity index (χ1n) is 5.62. The van der Waals surface area contributed by atoms with E-state index in [1.165, 1.54) is 0 Å². The Morgan fingerprint density at radius 2 is 2.00 bits per heavy atom. The van der Waals surface area contributed by atoms with Gasteiger partial charge in [-0.25, -0.2) is 8.42 Å². The molecule has 2 fully saturated rings. The zero-order valence-electron chi connectivity index (χ0n) is 9.76. The van der Waals surface area contributed by atoms with E-state index < -0.39 is 10.0 Å². The molecule has 0 amide bonds. The minimum Gasteiger partial charge on any atom is -0.383 e. The Bertz CT molecular complexity index is 339. The number of methoxy groups -OCH3 is 2. The van der Waals surface area contributed by atoms with Crippen LogP contribution in [0.3, 0.4) is 0 Å². The molecule has 0 aromatic heterocycles. The lowest BCUT2D eigenvalue weighted by Gasteiger charge is -2.22. The monoisotopic (exact) mass is 249 g/mol. The summed E-state index contributed by atoms with van der Waals surface area (Å²) in [6, 6.07) is -0.0550. The average molecular weight is 249 g/mol. The Morgan fingerprint density at radius 3 is 2.50 bits per heavy atom. The third-order valence-corrected chi connectivity index (χ3v) is 5.71. The van der Waals surface area contributed by atoms with Crippen LogP contribution in [0.4, 0.5) is 0 Å². The zero-order chi connectivity index (χ0) is 11.8. The number of sulfonamides is 1. The Labute approximate surface area is 96.8 Å². The number of ether oxygens (including phenoxy) is 2. The number of hydrogen-bond acceptors (Lipinski definition) is 4. The number of nitrogens with zero attached hydrogens (tertiary/aromatic N) is 1. The fourth-order valence-electron chi connectivity index (χ4n) is 2.23. The molecule has 1 saturated heterocycles. The molecule has 0 aromatic rings. The van der Waals surface area contributed by atoms with Gasteiger partial charge in [0.05, 0.1) is 24.0 Å². The van der Waals surface area contributed by atoms with Crippen molar-refractivity contribution >= 4 is 10.0 Å². The summed E-state index contributed by atoms with van der Waals surface area (Å²) in [5.41, 5.74) is 0. The number of hydrogen-bond donors (Lipinski definition) is 0. The second-order valence-electron chi connectivity index (χ2n) is 4.52. The van der Waals surface area contributed by atoms with Gasteiger partial charge in [0, 0.05) is 20.8 Å². The largest absolute Gasteiger partial charge is 0.383 e. The molecule has 0 N–H and O–H groups in total. The molecule has 2 rings (SSSR count). The van der Waals surface area contributed by atoms with E-state index in [0.29, 0.717) is 13.2 Å². The zero-order valence-corrected chi connectivity index (χ0v) is 10.6. The molecule has 2 atom stereocenters. The predicted octanol–water partition coefficient (Wildman–Crippen LogP) is 0.214. The summed E-state index contributed by atoms with van der Waals surface area (Å²) in [6.07, 6.45) is 2.34. The SMILES string of the molecule is COC[C@@H]1C[C@H](OC)CN1S(=O)(=O)C1CC1. The molecule has 1 heterocycles. The molecular formula is C10H19NO4S. The summed E-state index contributed by atoms with van der Waals surface area (Å²) in [5.74, 6) is 0. The van der Waals surface area contributed by atoms with Crippen molar-refractivity contribution in [3.8, 4) is 0 Å². The lowest BCUT2D eigenvalue weighted by atomic mass is 10.2. The van der Waals surface area contributed by atoms with Crippen LogP contribution in [0.5, 0.6) is 0 Å². The number of rotatable bonds is 5. The molecule has 0 aromatic carbocycles. The van der Waals surface area contributed by atoms with Crippen LogP contribution in [0, 0.1) is 0 Å². The molecule has 16 heavy (non-hydrogen) atoms. The van der Waals surface area contributed by atoms with E-state index in [4.69, 9.17) is 9.47 Å². The standard InChI is InChI=1S/C10H19NO4S/c1-14-7-8-5-9(15-2)6-11(8)16(12,13)10-3-4-10/h8-10H,3-7H2,1-2H3/t8-,9-/m0/s1. The fraction of sp³-hybridized carbons (Fsp3) is 1.00. The maximum atomic E-state index is 12.2. The van der Waals surface area contributed by atoms with Gasteiger partial charge in [-0.05, 0) is 19.3 Å². The Hall–Kier alpha value is -0.170. The molecule has 1 saturated carbocycles. The molecular weight excluding hydrogens is 230 g/mol. The van der Waals surface area contributed by atoms with Crippen LogP contribution in [0.2, 0.25) is 0 Å². The van der Waals surface area contributed by atoms with Crippen molar-refractivity contribution in [2.45, 2.75) is 36.7 Å². The van der Waals surface area contributed by atoms with Crippen LogP contribution < -0.4 is 0 Å². The highest BCUT2D eigenvalue weighted by molar-refractivity contribution is 7.90. The smallest absolute Gasteiger partial charge is 0.217 e. The maximum Gasteiger partial charge on any atom is 0.217 e. The molecule has 5 nitrogen and oxygen atoms in total. The Morgan fingerprint density at radius 1 is 1.31 bits per heavy atom. The normalized spacial score (nSPS) is 32.1. The highest BCUT2D eigenvalue weighted by Crippen LogP contribution is 2.35. The van der Waals surface area contributed by atoms with Gasteiger partial charge in [-0.1, -0.05) is 0 Å². The summed E-state index contributed by atoms with van der Waals surface area (Å²) in [6.45, 7) is 0.926. The second kappa shape index (κ2) is 4.60. The van der Waals surface area contributed by atoms with E-state index in [1.807, 2.05) is 0 Å². The van der Waals surface area contributed by atoms with E-state index in [-0.39, 0.29) is 17.4 Å². The highest BCUT2D eigenvalue weighted by atomic mass is 32.2. The Kier molecular flexibility index (Phi) is 3.53. The van der Waals surface area contributed by atoms with Crippen molar-refractivity contribution in [3.05, 3.63) is 0 Å². The van der Waals surface area contributed by atoms with Gasteiger partial charge < -0.3 is 9.47 Å². The van der Waals surface area contributed by atoms with Gasteiger partial charge in [0.2, 0.25) is 10.0 Å². The van der Waals surface area contributed by atoms with Crippen LogP contribution in [-0.4, -0.2) is 57.5 Å². The van der Waals surface area contributed by atoms with Crippen LogP contribution in [0.15, 0.2) is 0 Å². The Balaban J connectivity index is 2.11. The third-order valence-electron chi connectivity index (χ3n) is 3.29. The first-order valence-corrected chi connectivity index (χ1v) is 7.12. The summed E-state index contributed by atoms with van der Waals surface area (Å²) >= 11 is 0.